The molecule has 0 aromatic carbocycles. The van der Waals surface area contributed by atoms with Crippen molar-refractivity contribution in [1.82, 2.24) is 4.90 Å². The topological polar surface area (TPSA) is 112 Å². The molecule has 1 aliphatic carbocycles. The zero-order chi connectivity index (χ0) is 16.6. The summed E-state index contributed by atoms with van der Waals surface area (Å²) in [5.41, 5.74) is -0.198. The van der Waals surface area contributed by atoms with Gasteiger partial charge < -0.3 is 14.7 Å². The van der Waals surface area contributed by atoms with Crippen LogP contribution in [0.3, 0.4) is 0 Å². The Balaban J connectivity index is 2.25. The molecule has 0 radical (unpaired) electrons. The lowest BCUT2D eigenvalue weighted by Crippen LogP contribution is -2.52. The van der Waals surface area contributed by atoms with E-state index in [4.69, 9.17) is 9.83 Å². The van der Waals surface area contributed by atoms with Crippen LogP contribution in [0.15, 0.2) is 34.7 Å². The average Bonchev–Trinajstić information content (AvgIpc) is 3.08. The predicted octanol–water partition coefficient (Wildman–Crippen LogP) is 2.06. The first-order chi connectivity index (χ1) is 11.1. The Morgan fingerprint density at radius 3 is 2.65 bits per heavy atom. The highest BCUT2D eigenvalue weighted by molar-refractivity contribution is 6.00. The van der Waals surface area contributed by atoms with Gasteiger partial charge in [0.2, 0.25) is 0 Å². The lowest BCUT2D eigenvalue weighted by atomic mass is 9.54. The molecule has 2 heterocycles. The molecule has 1 unspecified atom stereocenters. The molecule has 1 aliphatic heterocycles. The highest BCUT2D eigenvalue weighted by Gasteiger charge is 2.57. The van der Waals surface area contributed by atoms with Crippen molar-refractivity contribution < 1.29 is 4.42 Å². The van der Waals surface area contributed by atoms with Crippen LogP contribution in [0.5, 0.6) is 0 Å². The summed E-state index contributed by atoms with van der Waals surface area (Å²) in [5, 5.41) is 37.5. The minimum atomic E-state index is -1.65. The van der Waals surface area contributed by atoms with E-state index in [0.717, 1.165) is 11.1 Å². The average molecular weight is 305 g/mol. The highest BCUT2D eigenvalue weighted by Crippen LogP contribution is 2.53. The lowest BCUT2D eigenvalue weighted by Gasteiger charge is -2.46. The molecule has 1 N–H and O–H groups in total. The van der Waals surface area contributed by atoms with Gasteiger partial charge in [-0.2, -0.15) is 15.8 Å². The first kappa shape index (κ1) is 15.0. The normalized spacial score (nSPS) is 29.6. The Morgan fingerprint density at radius 1 is 1.35 bits per heavy atom. The molecule has 6 nitrogen and oxygen atoms in total. The van der Waals surface area contributed by atoms with Gasteiger partial charge in [-0.1, -0.05) is 6.08 Å². The van der Waals surface area contributed by atoms with Crippen molar-refractivity contribution in [2.75, 3.05) is 20.1 Å². The quantitative estimate of drug-likeness (QED) is 0.798. The summed E-state index contributed by atoms with van der Waals surface area (Å²) >= 11 is 0. The van der Waals surface area contributed by atoms with Crippen LogP contribution < -0.4 is 0 Å². The molecule has 0 saturated heterocycles. The minimum Gasteiger partial charge on any atom is -0.472 e. The van der Waals surface area contributed by atoms with E-state index in [0.29, 0.717) is 13.1 Å². The monoisotopic (exact) mass is 305 g/mol. The summed E-state index contributed by atoms with van der Waals surface area (Å²) < 4.78 is 5.16. The molecule has 114 valence electrons. The van der Waals surface area contributed by atoms with E-state index in [1.165, 1.54) is 12.5 Å². The number of rotatable bonds is 1. The second-order valence-electron chi connectivity index (χ2n) is 6.07. The van der Waals surface area contributed by atoms with E-state index in [9.17, 15) is 15.8 Å². The molecule has 0 bridgehead atoms. The van der Waals surface area contributed by atoms with Gasteiger partial charge in [-0.15, -0.1) is 0 Å². The van der Waals surface area contributed by atoms with Crippen LogP contribution in [0, 0.1) is 56.7 Å². The van der Waals surface area contributed by atoms with E-state index in [-0.39, 0.29) is 11.6 Å². The van der Waals surface area contributed by atoms with Crippen molar-refractivity contribution >= 4 is 5.71 Å². The molecular formula is C17H15N5O. The van der Waals surface area contributed by atoms with Crippen molar-refractivity contribution in [2.24, 2.45) is 17.3 Å². The number of fused-ring (bicyclic) bond motifs is 1. The minimum absolute atomic E-state index is 0.122. The van der Waals surface area contributed by atoms with Crippen molar-refractivity contribution in [1.29, 1.82) is 21.2 Å². The molecule has 3 rings (SSSR count). The molecule has 1 fully saturated rings. The van der Waals surface area contributed by atoms with Crippen LogP contribution in [0.1, 0.15) is 11.5 Å². The molecule has 23 heavy (non-hydrogen) atoms. The third kappa shape index (κ3) is 1.99. The van der Waals surface area contributed by atoms with Gasteiger partial charge in [0.05, 0.1) is 36.4 Å². The molecule has 2 aliphatic rings. The summed E-state index contributed by atoms with van der Waals surface area (Å²) in [7, 11) is 1.96. The fourth-order valence-electron chi connectivity index (χ4n) is 3.78. The first-order valence-electron chi connectivity index (χ1n) is 7.30. The van der Waals surface area contributed by atoms with Gasteiger partial charge in [0.25, 0.3) is 0 Å². The van der Waals surface area contributed by atoms with Crippen LogP contribution in [-0.4, -0.2) is 30.7 Å². The van der Waals surface area contributed by atoms with Gasteiger partial charge >= 0.3 is 0 Å². The van der Waals surface area contributed by atoms with Gasteiger partial charge in [-0.25, -0.2) is 0 Å². The van der Waals surface area contributed by atoms with Gasteiger partial charge in [-0.05, 0) is 24.3 Å². The van der Waals surface area contributed by atoms with Crippen LogP contribution in [-0.2, 0) is 0 Å². The Morgan fingerprint density at radius 2 is 2.09 bits per heavy atom. The smallest absolute Gasteiger partial charge is 0.189 e. The third-order valence-corrected chi connectivity index (χ3v) is 4.88. The fourth-order valence-corrected chi connectivity index (χ4v) is 3.78. The van der Waals surface area contributed by atoms with Crippen molar-refractivity contribution in [3.05, 3.63) is 35.8 Å². The zero-order valence-corrected chi connectivity index (χ0v) is 12.7. The molecule has 0 spiro atoms. The summed E-state index contributed by atoms with van der Waals surface area (Å²) in [6.45, 7) is 1.33. The summed E-state index contributed by atoms with van der Waals surface area (Å²) in [6.07, 6.45) is 4.99. The van der Waals surface area contributed by atoms with Crippen molar-refractivity contribution in [3.8, 4) is 18.2 Å². The molecule has 6 heteroatoms. The van der Waals surface area contributed by atoms with Crippen molar-refractivity contribution in [2.45, 2.75) is 5.92 Å². The van der Waals surface area contributed by atoms with Gasteiger partial charge in [-0.3, -0.25) is 0 Å². The standard InChI is InChI=1S/C17H15N5O/c1-22-4-2-12-13(6-18)16(21)17(9-19,10-20)15(14(12)7-22)11-3-5-23-8-11/h2-3,5,8,13-15,21H,4,7H2,1H3/t13?,14-,15-/m1/s1. The second kappa shape index (κ2) is 5.39. The van der Waals surface area contributed by atoms with Gasteiger partial charge in [0, 0.05) is 24.9 Å². The van der Waals surface area contributed by atoms with Crippen LogP contribution in [0.25, 0.3) is 0 Å². The predicted molar refractivity (Wildman–Crippen MR) is 81.0 cm³/mol. The van der Waals surface area contributed by atoms with E-state index in [1.54, 1.807) is 6.07 Å². The summed E-state index contributed by atoms with van der Waals surface area (Å²) in [6, 6.07) is 7.94. The Bertz CT molecular complexity index is 772. The van der Waals surface area contributed by atoms with Crippen molar-refractivity contribution in [3.63, 3.8) is 0 Å². The summed E-state index contributed by atoms with van der Waals surface area (Å²) in [5.74, 6) is -1.48. The number of furan rings is 1. The number of nitriles is 3. The molecule has 1 saturated carbocycles. The van der Waals surface area contributed by atoms with Crippen LogP contribution >= 0.6 is 0 Å². The first-order valence-corrected chi connectivity index (χ1v) is 7.30. The molecule has 3 atom stereocenters. The number of nitrogens with zero attached hydrogens (tertiary/aromatic N) is 4. The van der Waals surface area contributed by atoms with E-state index < -0.39 is 17.3 Å². The van der Waals surface area contributed by atoms with Crippen LogP contribution in [0.2, 0.25) is 0 Å². The maximum Gasteiger partial charge on any atom is 0.189 e. The van der Waals surface area contributed by atoms with E-state index in [1.807, 2.05) is 25.3 Å². The second-order valence-corrected chi connectivity index (χ2v) is 6.07. The van der Waals surface area contributed by atoms with E-state index >= 15 is 0 Å². The Hall–Kier alpha value is -2.88. The fraction of sp³-hybridized carbons (Fsp3) is 0.412. The Kier molecular flexibility index (Phi) is 3.52. The Labute approximate surface area is 134 Å². The maximum absolute atomic E-state index is 9.76. The third-order valence-electron chi connectivity index (χ3n) is 4.88. The lowest BCUT2D eigenvalue weighted by molar-refractivity contribution is 0.234. The maximum atomic E-state index is 9.76. The number of nitrogens with one attached hydrogen (secondary N) is 1. The van der Waals surface area contributed by atoms with Gasteiger partial charge in [0.15, 0.2) is 5.41 Å². The molecular weight excluding hydrogens is 290 g/mol. The highest BCUT2D eigenvalue weighted by atomic mass is 16.3. The van der Waals surface area contributed by atoms with E-state index in [2.05, 4.69) is 11.0 Å². The van der Waals surface area contributed by atoms with Crippen LogP contribution in [0.4, 0.5) is 0 Å². The number of likely N-dealkylation sites (N-methyl/N-ethyl adjacent to an activating group) is 1. The molecule has 1 aromatic rings. The number of hydrogen-bond acceptors (Lipinski definition) is 6. The molecule has 1 aromatic heterocycles. The number of hydrogen-bond donors (Lipinski definition) is 1. The SMILES string of the molecule is CN1CC=C2C(C#N)C(=N)C(C#N)(C#N)[C@H](c3ccoc3)[C@@H]2C1. The van der Waals surface area contributed by atoms with Gasteiger partial charge in [0.1, 0.15) is 5.92 Å². The largest absolute Gasteiger partial charge is 0.472 e. The zero-order valence-electron chi connectivity index (χ0n) is 12.7. The summed E-state index contributed by atoms with van der Waals surface area (Å²) in [4.78, 5) is 2.09. The molecule has 0 amide bonds.